The van der Waals surface area contributed by atoms with Crippen LogP contribution in [0.4, 0.5) is 4.79 Å². The van der Waals surface area contributed by atoms with Crippen LogP contribution in [-0.2, 0) is 6.54 Å². The predicted molar refractivity (Wildman–Crippen MR) is 71.4 cm³/mol. The molecule has 0 atom stereocenters. The highest BCUT2D eigenvalue weighted by molar-refractivity contribution is 7.73. The SMILES string of the molecule is C=CCn1c(=S)sc2c(=N)n(NC(N)=O)cnc21. The van der Waals surface area contributed by atoms with Crippen LogP contribution < -0.4 is 16.6 Å². The lowest BCUT2D eigenvalue weighted by Crippen LogP contribution is -2.36. The molecule has 9 heteroatoms. The molecule has 7 nitrogen and oxygen atoms in total. The summed E-state index contributed by atoms with van der Waals surface area (Å²) >= 11 is 6.45. The number of nitrogens with two attached hydrogens (primary N) is 1. The number of nitrogens with one attached hydrogen (secondary N) is 2. The molecular formula is C9H10N6OS2. The summed E-state index contributed by atoms with van der Waals surface area (Å²) in [7, 11) is 0. The van der Waals surface area contributed by atoms with Gasteiger partial charge in [0.25, 0.3) is 0 Å². The van der Waals surface area contributed by atoms with E-state index >= 15 is 0 Å². The van der Waals surface area contributed by atoms with Crippen LogP contribution >= 0.6 is 23.6 Å². The van der Waals surface area contributed by atoms with Gasteiger partial charge in [0.2, 0.25) is 0 Å². The van der Waals surface area contributed by atoms with Crippen LogP contribution in [0.15, 0.2) is 19.0 Å². The summed E-state index contributed by atoms with van der Waals surface area (Å²) in [5.74, 6) is 0. The molecule has 2 rings (SSSR count). The molecule has 18 heavy (non-hydrogen) atoms. The largest absolute Gasteiger partial charge is 0.350 e. The fraction of sp³-hybridized carbons (Fsp3) is 0.111. The number of carbonyl (C=O) groups excluding carboxylic acids is 1. The van der Waals surface area contributed by atoms with Crippen molar-refractivity contribution in [2.75, 3.05) is 5.43 Å². The van der Waals surface area contributed by atoms with Gasteiger partial charge in [-0.3, -0.25) is 5.41 Å². The van der Waals surface area contributed by atoms with Crippen LogP contribution in [0.25, 0.3) is 10.3 Å². The molecule has 94 valence electrons. The Balaban J connectivity index is 2.70. The maximum atomic E-state index is 10.8. The minimum atomic E-state index is -0.760. The monoisotopic (exact) mass is 282 g/mol. The molecule has 0 aliphatic carbocycles. The van der Waals surface area contributed by atoms with Crippen molar-refractivity contribution in [2.45, 2.75) is 6.54 Å². The lowest BCUT2D eigenvalue weighted by atomic mass is 10.5. The topological polar surface area (TPSA) is 102 Å². The molecule has 0 radical (unpaired) electrons. The van der Waals surface area contributed by atoms with E-state index in [-0.39, 0.29) is 5.49 Å². The number of fused-ring (bicyclic) bond motifs is 1. The van der Waals surface area contributed by atoms with Crippen molar-refractivity contribution in [3.63, 3.8) is 0 Å². The van der Waals surface area contributed by atoms with Crippen LogP contribution in [0, 0.1) is 9.36 Å². The average Bonchev–Trinajstić information content (AvgIpc) is 2.61. The zero-order chi connectivity index (χ0) is 13.3. The van der Waals surface area contributed by atoms with E-state index in [4.69, 9.17) is 23.4 Å². The van der Waals surface area contributed by atoms with E-state index in [1.807, 2.05) is 0 Å². The predicted octanol–water partition coefficient (Wildman–Crippen LogP) is 0.916. The standard InChI is InChI=1S/C9H10N6OS2/c1-2-3-14-7-5(18-9(14)17)6(10)15(4-12-7)13-8(11)16/h2,4,10H,1,3H2,(H3,11,13,16). The Morgan fingerprint density at radius 2 is 2.50 bits per heavy atom. The van der Waals surface area contributed by atoms with Crippen molar-refractivity contribution in [2.24, 2.45) is 5.73 Å². The third-order valence-electron chi connectivity index (χ3n) is 2.16. The van der Waals surface area contributed by atoms with Crippen molar-refractivity contribution in [1.29, 1.82) is 5.41 Å². The second-order valence-corrected chi connectivity index (χ2v) is 5.00. The molecular weight excluding hydrogens is 272 g/mol. The van der Waals surface area contributed by atoms with Gasteiger partial charge in [-0.25, -0.2) is 19.9 Å². The molecule has 2 amide bonds. The molecule has 0 unspecified atom stereocenters. The number of hydrogen-bond acceptors (Lipinski definition) is 5. The number of thiazole rings is 1. The number of carbonyl (C=O) groups is 1. The van der Waals surface area contributed by atoms with Gasteiger partial charge in [0.1, 0.15) is 11.0 Å². The quantitative estimate of drug-likeness (QED) is 0.576. The van der Waals surface area contributed by atoms with E-state index in [0.717, 1.165) is 4.68 Å². The van der Waals surface area contributed by atoms with Crippen molar-refractivity contribution in [3.8, 4) is 0 Å². The number of urea groups is 1. The summed E-state index contributed by atoms with van der Waals surface area (Å²) in [4.78, 5) is 14.9. The molecule has 2 aromatic rings. The lowest BCUT2D eigenvalue weighted by Gasteiger charge is -2.06. The van der Waals surface area contributed by atoms with E-state index in [0.29, 0.717) is 20.8 Å². The highest BCUT2D eigenvalue weighted by atomic mass is 32.1. The molecule has 4 N–H and O–H groups in total. The normalized spacial score (nSPS) is 10.4. The van der Waals surface area contributed by atoms with E-state index in [1.54, 1.807) is 10.6 Å². The third kappa shape index (κ3) is 2.05. The minimum Gasteiger partial charge on any atom is -0.350 e. The number of primary amides is 1. The van der Waals surface area contributed by atoms with Gasteiger partial charge in [-0.15, -0.1) is 6.58 Å². The van der Waals surface area contributed by atoms with E-state index in [9.17, 15) is 4.79 Å². The van der Waals surface area contributed by atoms with Gasteiger partial charge in [0.15, 0.2) is 15.1 Å². The number of allylic oxidation sites excluding steroid dienone is 1. The number of aromatic nitrogens is 3. The second kappa shape index (κ2) is 4.70. The van der Waals surface area contributed by atoms with Gasteiger partial charge in [0, 0.05) is 6.54 Å². The molecule has 2 heterocycles. The molecule has 2 aromatic heterocycles. The lowest BCUT2D eigenvalue weighted by molar-refractivity contribution is 0.256. The molecule has 0 saturated carbocycles. The van der Waals surface area contributed by atoms with Gasteiger partial charge in [-0.2, -0.15) is 0 Å². The Labute approximate surface area is 111 Å². The number of nitrogens with zero attached hydrogens (tertiary/aromatic N) is 3. The van der Waals surface area contributed by atoms with Crippen molar-refractivity contribution in [3.05, 3.63) is 28.4 Å². The van der Waals surface area contributed by atoms with E-state index in [1.165, 1.54) is 17.7 Å². The summed E-state index contributed by atoms with van der Waals surface area (Å²) in [6.45, 7) is 4.17. The van der Waals surface area contributed by atoms with Gasteiger partial charge >= 0.3 is 6.03 Å². The Hall–Kier alpha value is -2.00. The van der Waals surface area contributed by atoms with Gasteiger partial charge in [-0.1, -0.05) is 17.4 Å². The Morgan fingerprint density at radius 1 is 1.78 bits per heavy atom. The number of amides is 2. The van der Waals surface area contributed by atoms with Crippen LogP contribution in [0.1, 0.15) is 0 Å². The van der Waals surface area contributed by atoms with Crippen molar-refractivity contribution >= 4 is 39.9 Å². The molecule has 0 aromatic carbocycles. The zero-order valence-electron chi connectivity index (χ0n) is 9.21. The van der Waals surface area contributed by atoms with Gasteiger partial charge < -0.3 is 10.3 Å². The maximum Gasteiger partial charge on any atom is 0.331 e. The summed E-state index contributed by atoms with van der Waals surface area (Å²) < 4.78 is 4.10. The summed E-state index contributed by atoms with van der Waals surface area (Å²) in [6, 6.07) is -0.760. The van der Waals surface area contributed by atoms with Crippen LogP contribution in [-0.4, -0.2) is 20.3 Å². The first kappa shape index (κ1) is 12.5. The Morgan fingerprint density at radius 3 is 3.11 bits per heavy atom. The third-order valence-corrected chi connectivity index (χ3v) is 3.61. The molecule has 0 fully saturated rings. The Kier molecular flexibility index (Phi) is 3.26. The first-order valence-electron chi connectivity index (χ1n) is 4.87. The number of hydrogen-bond donors (Lipinski definition) is 3. The van der Waals surface area contributed by atoms with E-state index < -0.39 is 6.03 Å². The zero-order valence-corrected chi connectivity index (χ0v) is 10.8. The van der Waals surface area contributed by atoms with Crippen LogP contribution in [0.3, 0.4) is 0 Å². The van der Waals surface area contributed by atoms with Crippen molar-refractivity contribution < 1.29 is 4.79 Å². The summed E-state index contributed by atoms with van der Waals surface area (Å²) in [5, 5.41) is 7.95. The minimum absolute atomic E-state index is 0.0812. The highest BCUT2D eigenvalue weighted by Crippen LogP contribution is 2.17. The molecule has 0 saturated heterocycles. The summed E-state index contributed by atoms with van der Waals surface area (Å²) in [6.07, 6.45) is 3.02. The molecule has 0 bridgehead atoms. The molecule has 0 aliphatic rings. The van der Waals surface area contributed by atoms with Crippen LogP contribution in [0.5, 0.6) is 0 Å². The van der Waals surface area contributed by atoms with E-state index in [2.05, 4.69) is 17.0 Å². The van der Waals surface area contributed by atoms with Crippen LogP contribution in [0.2, 0.25) is 0 Å². The van der Waals surface area contributed by atoms with Gasteiger partial charge in [0.05, 0.1) is 0 Å². The fourth-order valence-corrected chi connectivity index (χ4v) is 2.76. The Bertz CT molecular complexity index is 740. The van der Waals surface area contributed by atoms with Crippen molar-refractivity contribution in [1.82, 2.24) is 14.2 Å². The van der Waals surface area contributed by atoms with Gasteiger partial charge in [-0.05, 0) is 12.2 Å². The highest BCUT2D eigenvalue weighted by Gasteiger charge is 2.09. The first-order chi connectivity index (χ1) is 8.54. The molecule has 0 spiro atoms. The second-order valence-electron chi connectivity index (χ2n) is 3.36. The fourth-order valence-electron chi connectivity index (χ4n) is 1.45. The first-order valence-corrected chi connectivity index (χ1v) is 6.10. The molecule has 0 aliphatic heterocycles. The average molecular weight is 282 g/mol. The maximum absolute atomic E-state index is 10.8. The smallest absolute Gasteiger partial charge is 0.331 e. The number of rotatable bonds is 3. The summed E-state index contributed by atoms with van der Waals surface area (Å²) in [5.41, 5.74) is 7.95.